The number of amides is 1. The lowest BCUT2D eigenvalue weighted by molar-refractivity contribution is -0.129. The van der Waals surface area contributed by atoms with Crippen molar-refractivity contribution in [1.29, 1.82) is 0 Å². The summed E-state index contributed by atoms with van der Waals surface area (Å²) in [5, 5.41) is 6.19. The Morgan fingerprint density at radius 2 is 2.41 bits per heavy atom. The van der Waals surface area contributed by atoms with Gasteiger partial charge in [-0.3, -0.25) is 9.78 Å². The Kier molecular flexibility index (Phi) is 3.43. The fourth-order valence-corrected chi connectivity index (χ4v) is 2.09. The number of hydrogen-bond acceptors (Lipinski definition) is 3. The molecule has 0 aliphatic carbocycles. The molecular formula is C13H19N3O. The summed E-state index contributed by atoms with van der Waals surface area (Å²) < 4.78 is 0. The van der Waals surface area contributed by atoms with E-state index in [4.69, 9.17) is 0 Å². The molecule has 4 heteroatoms. The van der Waals surface area contributed by atoms with E-state index in [1.54, 1.807) is 0 Å². The summed E-state index contributed by atoms with van der Waals surface area (Å²) in [5.74, 6) is 0.116. The van der Waals surface area contributed by atoms with Gasteiger partial charge in [0.05, 0.1) is 17.7 Å². The summed E-state index contributed by atoms with van der Waals surface area (Å²) in [6, 6.07) is 5.85. The van der Waals surface area contributed by atoms with Gasteiger partial charge in [-0.05, 0) is 38.9 Å². The molecule has 1 aliphatic heterocycles. The Hall–Kier alpha value is -1.42. The first kappa shape index (κ1) is 12.0. The van der Waals surface area contributed by atoms with E-state index < -0.39 is 0 Å². The first-order chi connectivity index (χ1) is 8.10. The number of aryl methyl sites for hydroxylation is 1. The minimum atomic E-state index is -0.260. The fourth-order valence-electron chi connectivity index (χ4n) is 2.09. The predicted molar refractivity (Wildman–Crippen MR) is 66.4 cm³/mol. The van der Waals surface area contributed by atoms with Crippen LogP contribution in [0.2, 0.25) is 0 Å². The normalized spacial score (nSPS) is 23.6. The van der Waals surface area contributed by atoms with Crippen molar-refractivity contribution in [3.8, 4) is 0 Å². The van der Waals surface area contributed by atoms with Crippen molar-refractivity contribution in [2.75, 3.05) is 13.1 Å². The van der Waals surface area contributed by atoms with Gasteiger partial charge in [0, 0.05) is 12.2 Å². The summed E-state index contributed by atoms with van der Waals surface area (Å²) in [6.07, 6.45) is 0.903. The zero-order valence-corrected chi connectivity index (χ0v) is 10.4. The van der Waals surface area contributed by atoms with E-state index in [1.165, 1.54) is 0 Å². The van der Waals surface area contributed by atoms with E-state index in [0.717, 1.165) is 30.9 Å². The smallest absolute Gasteiger partial charge is 0.227 e. The maximum atomic E-state index is 12.0. The second-order valence-electron chi connectivity index (χ2n) is 4.94. The number of carbonyl (C=O) groups excluding carboxylic acids is 1. The van der Waals surface area contributed by atoms with Gasteiger partial charge in [-0.2, -0.15) is 0 Å². The molecule has 2 rings (SSSR count). The van der Waals surface area contributed by atoms with Gasteiger partial charge in [0.25, 0.3) is 0 Å². The monoisotopic (exact) mass is 233 g/mol. The third-order valence-corrected chi connectivity index (χ3v) is 3.29. The maximum absolute atomic E-state index is 12.0. The molecule has 1 aliphatic rings. The van der Waals surface area contributed by atoms with Crippen LogP contribution in [0, 0.1) is 12.3 Å². The predicted octanol–water partition coefficient (Wildman–Crippen LogP) is 1.01. The van der Waals surface area contributed by atoms with Crippen molar-refractivity contribution < 1.29 is 4.79 Å². The van der Waals surface area contributed by atoms with Crippen molar-refractivity contribution in [2.24, 2.45) is 5.41 Å². The van der Waals surface area contributed by atoms with E-state index in [0.29, 0.717) is 6.54 Å². The lowest BCUT2D eigenvalue weighted by Crippen LogP contribution is -2.40. The Balaban J connectivity index is 1.92. The van der Waals surface area contributed by atoms with Crippen LogP contribution in [0.15, 0.2) is 18.2 Å². The second-order valence-corrected chi connectivity index (χ2v) is 4.94. The molecule has 0 aromatic carbocycles. The van der Waals surface area contributed by atoms with Crippen LogP contribution >= 0.6 is 0 Å². The van der Waals surface area contributed by atoms with E-state index in [9.17, 15) is 4.79 Å². The molecule has 0 spiro atoms. The summed E-state index contributed by atoms with van der Waals surface area (Å²) >= 11 is 0. The average Bonchev–Trinajstić information content (AvgIpc) is 2.74. The van der Waals surface area contributed by atoms with E-state index in [-0.39, 0.29) is 11.3 Å². The molecule has 0 radical (unpaired) electrons. The lowest BCUT2D eigenvalue weighted by atomic mass is 9.89. The Morgan fingerprint density at radius 1 is 1.59 bits per heavy atom. The van der Waals surface area contributed by atoms with Crippen molar-refractivity contribution in [1.82, 2.24) is 15.6 Å². The van der Waals surface area contributed by atoms with Crippen LogP contribution < -0.4 is 10.6 Å². The highest BCUT2D eigenvalue weighted by atomic mass is 16.2. The van der Waals surface area contributed by atoms with Crippen LogP contribution in [-0.4, -0.2) is 24.0 Å². The van der Waals surface area contributed by atoms with Crippen molar-refractivity contribution in [2.45, 2.75) is 26.8 Å². The molecule has 1 atom stereocenters. The van der Waals surface area contributed by atoms with Crippen LogP contribution in [0.1, 0.15) is 24.7 Å². The van der Waals surface area contributed by atoms with E-state index in [1.807, 2.05) is 32.0 Å². The summed E-state index contributed by atoms with van der Waals surface area (Å²) in [5.41, 5.74) is 1.63. The standard InChI is InChI=1S/C13H19N3O/c1-10-4-3-5-11(16-10)8-15-12(17)13(2)6-7-14-9-13/h3-5,14H,6-9H2,1-2H3,(H,15,17). The van der Waals surface area contributed by atoms with Gasteiger partial charge < -0.3 is 10.6 Å². The SMILES string of the molecule is Cc1cccc(CNC(=O)C2(C)CCNC2)n1. The summed E-state index contributed by atoms with van der Waals surface area (Å²) in [6.45, 7) is 6.16. The molecule has 1 aromatic rings. The van der Waals surface area contributed by atoms with Crippen LogP contribution in [0.3, 0.4) is 0 Å². The molecule has 1 amide bonds. The number of hydrogen-bond donors (Lipinski definition) is 2. The van der Waals surface area contributed by atoms with E-state index in [2.05, 4.69) is 15.6 Å². The third-order valence-electron chi connectivity index (χ3n) is 3.29. The van der Waals surface area contributed by atoms with Gasteiger partial charge >= 0.3 is 0 Å². The largest absolute Gasteiger partial charge is 0.350 e. The topological polar surface area (TPSA) is 54.0 Å². The number of nitrogens with one attached hydrogen (secondary N) is 2. The number of aromatic nitrogens is 1. The van der Waals surface area contributed by atoms with Gasteiger partial charge in [0.2, 0.25) is 5.91 Å². The molecule has 1 aromatic heterocycles. The average molecular weight is 233 g/mol. The molecule has 1 saturated heterocycles. The summed E-state index contributed by atoms with van der Waals surface area (Å²) in [7, 11) is 0. The van der Waals surface area contributed by atoms with Crippen molar-refractivity contribution in [3.05, 3.63) is 29.6 Å². The molecule has 2 N–H and O–H groups in total. The molecule has 92 valence electrons. The van der Waals surface area contributed by atoms with Gasteiger partial charge in [0.1, 0.15) is 0 Å². The lowest BCUT2D eigenvalue weighted by Gasteiger charge is -2.21. The minimum absolute atomic E-state index is 0.116. The minimum Gasteiger partial charge on any atom is -0.350 e. The molecule has 0 saturated carbocycles. The van der Waals surface area contributed by atoms with Crippen LogP contribution in [0.5, 0.6) is 0 Å². The van der Waals surface area contributed by atoms with E-state index >= 15 is 0 Å². The van der Waals surface area contributed by atoms with Crippen LogP contribution in [0.4, 0.5) is 0 Å². The first-order valence-electron chi connectivity index (χ1n) is 6.02. The van der Waals surface area contributed by atoms with Gasteiger partial charge in [-0.1, -0.05) is 6.07 Å². The Labute approximate surface area is 102 Å². The highest BCUT2D eigenvalue weighted by Crippen LogP contribution is 2.24. The molecule has 1 unspecified atom stereocenters. The zero-order valence-electron chi connectivity index (χ0n) is 10.4. The molecule has 2 heterocycles. The van der Waals surface area contributed by atoms with Gasteiger partial charge in [-0.15, -0.1) is 0 Å². The Bertz CT molecular complexity index is 411. The molecule has 17 heavy (non-hydrogen) atoms. The maximum Gasteiger partial charge on any atom is 0.227 e. The van der Waals surface area contributed by atoms with Crippen LogP contribution in [-0.2, 0) is 11.3 Å². The van der Waals surface area contributed by atoms with Crippen LogP contribution in [0.25, 0.3) is 0 Å². The number of pyridine rings is 1. The number of carbonyl (C=O) groups is 1. The van der Waals surface area contributed by atoms with Gasteiger partial charge in [0.15, 0.2) is 0 Å². The van der Waals surface area contributed by atoms with Crippen molar-refractivity contribution >= 4 is 5.91 Å². The zero-order chi connectivity index (χ0) is 12.3. The second kappa shape index (κ2) is 4.84. The first-order valence-corrected chi connectivity index (χ1v) is 6.02. The highest BCUT2D eigenvalue weighted by molar-refractivity contribution is 5.82. The molecule has 4 nitrogen and oxygen atoms in total. The molecule has 0 bridgehead atoms. The number of rotatable bonds is 3. The quantitative estimate of drug-likeness (QED) is 0.819. The summed E-state index contributed by atoms with van der Waals surface area (Å²) in [4.78, 5) is 16.4. The fraction of sp³-hybridized carbons (Fsp3) is 0.538. The number of nitrogens with zero attached hydrogens (tertiary/aromatic N) is 1. The molecule has 1 fully saturated rings. The molecular weight excluding hydrogens is 214 g/mol. The Morgan fingerprint density at radius 3 is 3.06 bits per heavy atom. The van der Waals surface area contributed by atoms with Gasteiger partial charge in [-0.25, -0.2) is 0 Å². The van der Waals surface area contributed by atoms with Crippen molar-refractivity contribution in [3.63, 3.8) is 0 Å². The highest BCUT2D eigenvalue weighted by Gasteiger charge is 2.35. The third kappa shape index (κ3) is 2.82.